The van der Waals surface area contributed by atoms with Gasteiger partial charge >= 0.3 is 0 Å². The second-order valence-corrected chi connectivity index (χ2v) is 8.84. The molecule has 26 heavy (non-hydrogen) atoms. The lowest BCUT2D eigenvalue weighted by Gasteiger charge is -2.21. The van der Waals surface area contributed by atoms with Crippen LogP contribution in [-0.2, 0) is 14.8 Å². The highest BCUT2D eigenvalue weighted by molar-refractivity contribution is 7.89. The van der Waals surface area contributed by atoms with Gasteiger partial charge in [-0.15, -0.1) is 0 Å². The van der Waals surface area contributed by atoms with Gasteiger partial charge in [-0.1, -0.05) is 53.3 Å². The largest absolute Gasteiger partial charge is 0.325 e. The topological polar surface area (TPSA) is 66.5 Å². The van der Waals surface area contributed by atoms with Crippen LogP contribution in [0.25, 0.3) is 0 Å². The molecule has 2 rings (SSSR count). The Hall–Kier alpha value is -1.02. The zero-order valence-corrected chi connectivity index (χ0v) is 17.3. The van der Waals surface area contributed by atoms with Crippen molar-refractivity contribution in [3.05, 3.63) is 56.5 Å². The fourth-order valence-corrected chi connectivity index (χ4v) is 4.84. The number of carbonyl (C=O) groups excluding carboxylic acids is 1. The van der Waals surface area contributed by atoms with Crippen molar-refractivity contribution in [1.29, 1.82) is 0 Å². The predicted molar refractivity (Wildman–Crippen MR) is 106 cm³/mol. The van der Waals surface area contributed by atoms with E-state index in [4.69, 9.17) is 46.4 Å². The lowest BCUT2D eigenvalue weighted by molar-refractivity contribution is -0.116. The molecule has 2 aromatic rings. The summed E-state index contributed by atoms with van der Waals surface area (Å²) < 4.78 is 26.6. The fourth-order valence-electron chi connectivity index (χ4n) is 2.17. The van der Waals surface area contributed by atoms with E-state index in [1.165, 1.54) is 36.4 Å². The van der Waals surface area contributed by atoms with Crippen LogP contribution in [0, 0.1) is 0 Å². The molecule has 10 heteroatoms. The van der Waals surface area contributed by atoms with Crippen molar-refractivity contribution in [2.75, 3.05) is 18.4 Å². The summed E-state index contributed by atoms with van der Waals surface area (Å²) in [5, 5.41) is 3.50. The monoisotopic (exact) mass is 454 g/mol. The van der Waals surface area contributed by atoms with Gasteiger partial charge in [-0.2, -0.15) is 4.31 Å². The smallest absolute Gasteiger partial charge is 0.245 e. The van der Waals surface area contributed by atoms with Crippen LogP contribution in [0.5, 0.6) is 0 Å². The van der Waals surface area contributed by atoms with Gasteiger partial charge in [0.2, 0.25) is 15.9 Å². The van der Waals surface area contributed by atoms with E-state index in [0.717, 1.165) is 4.31 Å². The third kappa shape index (κ3) is 5.25. The van der Waals surface area contributed by atoms with Gasteiger partial charge < -0.3 is 5.32 Å². The molecule has 0 aliphatic rings. The van der Waals surface area contributed by atoms with Gasteiger partial charge in [0, 0.05) is 27.3 Å². The number of sulfonamides is 1. The van der Waals surface area contributed by atoms with Crippen molar-refractivity contribution in [3.8, 4) is 0 Å². The number of nitrogens with one attached hydrogen (secondary N) is 1. The van der Waals surface area contributed by atoms with E-state index in [1.807, 2.05) is 0 Å². The Morgan fingerprint density at radius 2 is 1.62 bits per heavy atom. The molecular weight excluding hydrogens is 442 g/mol. The lowest BCUT2D eigenvalue weighted by Crippen LogP contribution is -2.38. The summed E-state index contributed by atoms with van der Waals surface area (Å²) in [6.45, 7) is 1.26. The van der Waals surface area contributed by atoms with Crippen LogP contribution in [0.4, 0.5) is 5.69 Å². The zero-order chi connectivity index (χ0) is 19.5. The van der Waals surface area contributed by atoms with Crippen molar-refractivity contribution in [1.82, 2.24) is 4.31 Å². The molecule has 0 aromatic heterocycles. The van der Waals surface area contributed by atoms with Gasteiger partial charge in [0.1, 0.15) is 4.90 Å². The van der Waals surface area contributed by atoms with Crippen molar-refractivity contribution >= 4 is 68.0 Å². The summed E-state index contributed by atoms with van der Waals surface area (Å²) in [5.74, 6) is -0.549. The number of hydrogen-bond acceptors (Lipinski definition) is 3. The van der Waals surface area contributed by atoms with Gasteiger partial charge in [-0.05, 0) is 36.4 Å². The van der Waals surface area contributed by atoms with Crippen LogP contribution in [0.1, 0.15) is 6.92 Å². The van der Waals surface area contributed by atoms with Crippen LogP contribution in [0.15, 0.2) is 41.3 Å². The van der Waals surface area contributed by atoms with E-state index < -0.39 is 22.5 Å². The summed E-state index contributed by atoms with van der Waals surface area (Å²) in [6, 6.07) is 8.64. The van der Waals surface area contributed by atoms with E-state index in [0.29, 0.717) is 15.7 Å². The summed E-state index contributed by atoms with van der Waals surface area (Å²) in [7, 11) is -4.00. The van der Waals surface area contributed by atoms with Gasteiger partial charge in [-0.3, -0.25) is 4.79 Å². The summed E-state index contributed by atoms with van der Waals surface area (Å²) in [5.41, 5.74) is 0.363. The summed E-state index contributed by atoms with van der Waals surface area (Å²) in [4.78, 5) is 12.1. The van der Waals surface area contributed by atoms with Crippen LogP contribution in [0.3, 0.4) is 0 Å². The molecule has 0 unspecified atom stereocenters. The molecule has 0 saturated heterocycles. The Bertz CT molecular complexity index is 915. The first-order valence-electron chi connectivity index (χ1n) is 7.34. The molecule has 5 nitrogen and oxygen atoms in total. The molecule has 2 aromatic carbocycles. The number of amides is 1. The molecule has 0 aliphatic carbocycles. The minimum absolute atomic E-state index is 0.0230. The molecule has 0 radical (unpaired) electrons. The summed E-state index contributed by atoms with van der Waals surface area (Å²) >= 11 is 23.6. The normalized spacial score (nSPS) is 11.6. The van der Waals surface area contributed by atoms with Crippen molar-refractivity contribution in [2.24, 2.45) is 0 Å². The van der Waals surface area contributed by atoms with E-state index in [2.05, 4.69) is 5.32 Å². The van der Waals surface area contributed by atoms with Crippen molar-refractivity contribution in [3.63, 3.8) is 0 Å². The van der Waals surface area contributed by atoms with Crippen LogP contribution in [0.2, 0.25) is 20.1 Å². The van der Waals surface area contributed by atoms with Gasteiger partial charge in [0.05, 0.1) is 11.6 Å². The maximum Gasteiger partial charge on any atom is 0.245 e. The number of halogens is 4. The highest BCUT2D eigenvalue weighted by Crippen LogP contribution is 2.28. The fraction of sp³-hybridized carbons (Fsp3) is 0.188. The van der Waals surface area contributed by atoms with E-state index in [-0.39, 0.29) is 21.5 Å². The number of hydrogen-bond donors (Lipinski definition) is 1. The second-order valence-electron chi connectivity index (χ2n) is 5.21. The van der Waals surface area contributed by atoms with E-state index >= 15 is 0 Å². The number of carbonyl (C=O) groups is 1. The molecule has 0 spiro atoms. The maximum absolute atomic E-state index is 12.8. The first kappa shape index (κ1) is 21.3. The molecule has 0 heterocycles. The highest BCUT2D eigenvalue weighted by atomic mass is 35.5. The number of rotatable bonds is 6. The molecule has 0 aliphatic heterocycles. The second kappa shape index (κ2) is 8.78. The SMILES string of the molecule is CCN(CC(=O)Nc1cc(Cl)cc(Cl)c1)S(=O)(=O)c1cc(Cl)ccc1Cl. The number of likely N-dealkylation sites (N-methyl/N-ethyl adjacent to an activating group) is 1. The van der Waals surface area contributed by atoms with Crippen LogP contribution in [-0.4, -0.2) is 31.7 Å². The van der Waals surface area contributed by atoms with Gasteiger partial charge in [0.25, 0.3) is 0 Å². The Kier molecular flexibility index (Phi) is 7.19. The Balaban J connectivity index is 2.22. The average Bonchev–Trinajstić information content (AvgIpc) is 2.53. The minimum atomic E-state index is -4.00. The molecule has 140 valence electrons. The molecule has 0 atom stereocenters. The number of benzene rings is 2. The van der Waals surface area contributed by atoms with Gasteiger partial charge in [0.15, 0.2) is 0 Å². The van der Waals surface area contributed by atoms with E-state index in [1.54, 1.807) is 6.92 Å². The predicted octanol–water partition coefficient (Wildman–Crippen LogP) is 4.95. The molecule has 1 amide bonds. The molecular formula is C16H14Cl4N2O3S. The molecule has 0 saturated carbocycles. The third-order valence-corrected chi connectivity index (χ3v) is 6.40. The first-order chi connectivity index (χ1) is 12.1. The summed E-state index contributed by atoms with van der Waals surface area (Å²) in [6.07, 6.45) is 0. The van der Waals surface area contributed by atoms with Crippen molar-refractivity contribution < 1.29 is 13.2 Å². The third-order valence-electron chi connectivity index (χ3n) is 3.33. The van der Waals surface area contributed by atoms with E-state index in [9.17, 15) is 13.2 Å². The molecule has 0 bridgehead atoms. The first-order valence-corrected chi connectivity index (χ1v) is 10.3. The quantitative estimate of drug-likeness (QED) is 0.669. The number of nitrogens with zero attached hydrogens (tertiary/aromatic N) is 1. The maximum atomic E-state index is 12.8. The minimum Gasteiger partial charge on any atom is -0.325 e. The molecule has 0 fully saturated rings. The highest BCUT2D eigenvalue weighted by Gasteiger charge is 2.27. The molecule has 1 N–H and O–H groups in total. The van der Waals surface area contributed by atoms with Crippen LogP contribution < -0.4 is 5.32 Å². The number of anilines is 1. The van der Waals surface area contributed by atoms with Gasteiger partial charge in [-0.25, -0.2) is 8.42 Å². The standard InChI is InChI=1S/C16H14Cl4N2O3S/c1-2-22(26(24,25)15-8-10(17)3-4-14(15)20)9-16(23)21-13-6-11(18)5-12(19)7-13/h3-8H,2,9H2,1H3,(H,21,23). The zero-order valence-electron chi connectivity index (χ0n) is 13.5. The van der Waals surface area contributed by atoms with Crippen molar-refractivity contribution in [2.45, 2.75) is 11.8 Å². The lowest BCUT2D eigenvalue weighted by atomic mass is 10.3. The Labute approximate surface area is 171 Å². The Morgan fingerprint density at radius 3 is 2.19 bits per heavy atom. The average molecular weight is 456 g/mol. The van der Waals surface area contributed by atoms with Crippen LogP contribution >= 0.6 is 46.4 Å². The Morgan fingerprint density at radius 1 is 1.00 bits per heavy atom.